The second kappa shape index (κ2) is 10.3. The Morgan fingerprint density at radius 1 is 1.09 bits per heavy atom. The van der Waals surface area contributed by atoms with Crippen LogP contribution in [0, 0.1) is 0 Å². The highest BCUT2D eigenvalue weighted by Crippen LogP contribution is 2.31. The van der Waals surface area contributed by atoms with Crippen molar-refractivity contribution in [1.82, 2.24) is 9.21 Å². The van der Waals surface area contributed by atoms with Gasteiger partial charge in [-0.2, -0.15) is 4.31 Å². The normalized spacial score (nSPS) is 16.9. The van der Waals surface area contributed by atoms with Crippen molar-refractivity contribution in [2.75, 3.05) is 31.3 Å². The van der Waals surface area contributed by atoms with Crippen LogP contribution in [0.1, 0.15) is 19.8 Å². The first-order valence-corrected chi connectivity index (χ1v) is 12.3. The van der Waals surface area contributed by atoms with E-state index in [1.54, 1.807) is 0 Å². The third-order valence-electron chi connectivity index (χ3n) is 5.64. The van der Waals surface area contributed by atoms with Crippen molar-refractivity contribution in [2.24, 2.45) is 0 Å². The van der Waals surface area contributed by atoms with Gasteiger partial charge in [0.2, 0.25) is 15.9 Å². The molecule has 0 saturated carbocycles. The number of nitrogen functional groups attached to an aromatic ring is 1. The Hall–Kier alpha value is -3.64. The summed E-state index contributed by atoms with van der Waals surface area (Å²) in [5.41, 5.74) is 6.29. The first kappa shape index (κ1) is 26.0. The van der Waals surface area contributed by atoms with Gasteiger partial charge in [-0.05, 0) is 68.3 Å². The number of rotatable bonds is 7. The molecule has 2 aromatic carbocycles. The number of carboxylic acid groups (broad SMARTS) is 1. The van der Waals surface area contributed by atoms with Crippen molar-refractivity contribution in [3.8, 4) is 5.75 Å². The van der Waals surface area contributed by atoms with E-state index in [9.17, 15) is 27.9 Å². The van der Waals surface area contributed by atoms with Gasteiger partial charge in [0.05, 0.1) is 4.90 Å². The maximum atomic E-state index is 13.6. The number of carbonyl (C=O) groups excluding carboxylic acids is 2. The van der Waals surface area contributed by atoms with Crippen LogP contribution in [-0.4, -0.2) is 73.4 Å². The average Bonchev–Trinajstić information content (AvgIpc) is 3.31. The molecule has 0 aliphatic carbocycles. The van der Waals surface area contributed by atoms with Crippen LogP contribution in [0.2, 0.25) is 0 Å². The summed E-state index contributed by atoms with van der Waals surface area (Å²) in [4.78, 5) is 39.5. The van der Waals surface area contributed by atoms with Gasteiger partial charge >= 0.3 is 12.1 Å². The number of carbonyl (C=O) groups is 3. The largest absolute Gasteiger partial charge is 0.480 e. The number of sulfonamides is 1. The minimum Gasteiger partial charge on any atom is -0.480 e. The molecular formula is C23H28N4O7S. The molecule has 3 N–H and O–H groups in total. The summed E-state index contributed by atoms with van der Waals surface area (Å²) in [6.07, 6.45) is 0.0901. The van der Waals surface area contributed by atoms with E-state index in [1.807, 2.05) is 0 Å². The van der Waals surface area contributed by atoms with Crippen molar-refractivity contribution in [3.05, 3.63) is 48.5 Å². The molecule has 0 unspecified atom stereocenters. The van der Waals surface area contributed by atoms with Gasteiger partial charge in [-0.3, -0.25) is 9.69 Å². The number of hydrogen-bond donors (Lipinski definition) is 2. The van der Waals surface area contributed by atoms with Crippen molar-refractivity contribution in [1.29, 1.82) is 0 Å². The Labute approximate surface area is 203 Å². The Morgan fingerprint density at radius 3 is 2.23 bits per heavy atom. The van der Waals surface area contributed by atoms with Gasteiger partial charge in [0.25, 0.3) is 0 Å². The van der Waals surface area contributed by atoms with Crippen molar-refractivity contribution >= 4 is 39.4 Å². The van der Waals surface area contributed by atoms with Crippen molar-refractivity contribution in [2.45, 2.75) is 36.7 Å². The smallest absolute Gasteiger partial charge is 0.414 e. The van der Waals surface area contributed by atoms with Gasteiger partial charge in [-0.15, -0.1) is 0 Å². The molecule has 188 valence electrons. The molecule has 12 heteroatoms. The Kier molecular flexibility index (Phi) is 7.66. The zero-order valence-corrected chi connectivity index (χ0v) is 20.4. The SMILES string of the molecule is C[C@@H](C(=O)O)N(C(=O)[C@@H]1CCCN1S(=O)(=O)c1ccc(N)cc1)c1ccc(OC(=O)N(C)C)cc1. The van der Waals surface area contributed by atoms with Gasteiger partial charge < -0.3 is 20.5 Å². The molecule has 1 fully saturated rings. The number of benzene rings is 2. The van der Waals surface area contributed by atoms with Crippen LogP contribution in [0.5, 0.6) is 5.75 Å². The van der Waals surface area contributed by atoms with E-state index in [0.717, 1.165) is 9.21 Å². The summed E-state index contributed by atoms with van der Waals surface area (Å²) in [7, 11) is -0.968. The maximum absolute atomic E-state index is 13.6. The highest BCUT2D eigenvalue weighted by atomic mass is 32.2. The third kappa shape index (κ3) is 5.54. The molecular weight excluding hydrogens is 476 g/mol. The first-order chi connectivity index (χ1) is 16.4. The lowest BCUT2D eigenvalue weighted by atomic mass is 10.1. The van der Waals surface area contributed by atoms with Crippen LogP contribution in [0.25, 0.3) is 0 Å². The summed E-state index contributed by atoms with van der Waals surface area (Å²) in [5, 5.41) is 9.66. The van der Waals surface area contributed by atoms with Gasteiger partial charge in [0.1, 0.15) is 17.8 Å². The first-order valence-electron chi connectivity index (χ1n) is 10.9. The second-order valence-corrected chi connectivity index (χ2v) is 10.2. The van der Waals surface area contributed by atoms with Crippen LogP contribution in [0.3, 0.4) is 0 Å². The fourth-order valence-electron chi connectivity index (χ4n) is 3.73. The molecule has 35 heavy (non-hydrogen) atoms. The minimum atomic E-state index is -4.02. The number of hydrogen-bond acceptors (Lipinski definition) is 7. The maximum Gasteiger partial charge on any atom is 0.414 e. The molecule has 11 nitrogen and oxygen atoms in total. The summed E-state index contributed by atoms with van der Waals surface area (Å²) < 4.78 is 32.8. The van der Waals surface area contributed by atoms with Crippen LogP contribution < -0.4 is 15.4 Å². The van der Waals surface area contributed by atoms with E-state index < -0.39 is 40.1 Å². The molecule has 1 aliphatic heterocycles. The van der Waals surface area contributed by atoms with Crippen LogP contribution in [0.4, 0.5) is 16.2 Å². The zero-order valence-electron chi connectivity index (χ0n) is 19.6. The summed E-state index contributed by atoms with van der Waals surface area (Å²) in [6.45, 7) is 1.46. The summed E-state index contributed by atoms with van der Waals surface area (Å²) in [6, 6.07) is 9.07. The predicted molar refractivity (Wildman–Crippen MR) is 129 cm³/mol. The lowest BCUT2D eigenvalue weighted by molar-refractivity contribution is -0.140. The molecule has 2 aromatic rings. The van der Waals surface area contributed by atoms with E-state index in [2.05, 4.69) is 0 Å². The topological polar surface area (TPSA) is 151 Å². The zero-order chi connectivity index (χ0) is 25.9. The summed E-state index contributed by atoms with van der Waals surface area (Å²) in [5.74, 6) is -1.71. The molecule has 0 aromatic heterocycles. The number of nitrogens with two attached hydrogens (primary N) is 1. The Morgan fingerprint density at radius 2 is 1.69 bits per heavy atom. The molecule has 0 spiro atoms. The molecule has 3 rings (SSSR count). The molecule has 1 saturated heterocycles. The second-order valence-electron chi connectivity index (χ2n) is 8.32. The minimum absolute atomic E-state index is 0.00343. The number of ether oxygens (including phenoxy) is 1. The van der Waals surface area contributed by atoms with Gasteiger partial charge in [0, 0.05) is 32.0 Å². The van der Waals surface area contributed by atoms with E-state index in [0.29, 0.717) is 12.1 Å². The quantitative estimate of drug-likeness (QED) is 0.544. The van der Waals surface area contributed by atoms with Crippen LogP contribution >= 0.6 is 0 Å². The van der Waals surface area contributed by atoms with Gasteiger partial charge in [-0.25, -0.2) is 18.0 Å². The molecule has 1 heterocycles. The lowest BCUT2D eigenvalue weighted by Gasteiger charge is -2.32. The van der Waals surface area contributed by atoms with Crippen molar-refractivity contribution in [3.63, 3.8) is 0 Å². The number of amides is 2. The Bertz CT molecular complexity index is 1200. The summed E-state index contributed by atoms with van der Waals surface area (Å²) >= 11 is 0. The molecule has 2 atom stereocenters. The average molecular weight is 505 g/mol. The van der Waals surface area contributed by atoms with Crippen molar-refractivity contribution < 1.29 is 32.6 Å². The molecule has 1 aliphatic rings. The Balaban J connectivity index is 1.93. The third-order valence-corrected chi connectivity index (χ3v) is 7.57. The van der Waals surface area contributed by atoms with E-state index >= 15 is 0 Å². The number of carboxylic acids is 1. The highest BCUT2D eigenvalue weighted by molar-refractivity contribution is 7.89. The van der Waals surface area contributed by atoms with Crippen LogP contribution in [0.15, 0.2) is 53.4 Å². The van der Waals surface area contributed by atoms with Gasteiger partial charge in [0.15, 0.2) is 0 Å². The van der Waals surface area contributed by atoms with Crippen LogP contribution in [-0.2, 0) is 19.6 Å². The predicted octanol–water partition coefficient (Wildman–Crippen LogP) is 1.99. The van der Waals surface area contributed by atoms with E-state index in [4.69, 9.17) is 10.5 Å². The molecule has 0 radical (unpaired) electrons. The number of aliphatic carboxylic acids is 1. The number of anilines is 2. The fraction of sp³-hybridized carbons (Fsp3) is 0.348. The van der Waals surface area contributed by atoms with Gasteiger partial charge in [-0.1, -0.05) is 0 Å². The standard InChI is InChI=1S/C23H28N4O7S/c1-15(22(29)30)27(17-8-10-18(11-9-17)34-23(31)25(2)3)21(28)20-5-4-14-26(20)35(32,33)19-12-6-16(24)7-13-19/h6-13,15,20H,4-5,14,24H2,1-3H3,(H,29,30)/t15-,20-/m0/s1. The lowest BCUT2D eigenvalue weighted by Crippen LogP contribution is -2.52. The monoisotopic (exact) mass is 504 g/mol. The van der Waals surface area contributed by atoms with E-state index in [1.165, 1.54) is 74.4 Å². The molecule has 2 amide bonds. The number of nitrogens with zero attached hydrogens (tertiary/aromatic N) is 3. The molecule has 0 bridgehead atoms. The van der Waals surface area contributed by atoms with E-state index in [-0.39, 0.29) is 29.3 Å². The fourth-order valence-corrected chi connectivity index (χ4v) is 5.38. The highest BCUT2D eigenvalue weighted by Gasteiger charge is 2.43.